The van der Waals surface area contributed by atoms with Crippen molar-refractivity contribution in [2.24, 2.45) is 22.5 Å². The van der Waals surface area contributed by atoms with Crippen LogP contribution in [0.1, 0.15) is 13.8 Å². The molecular weight excluding hydrogens is 160 g/mol. The average Bonchev–Trinajstić information content (AvgIpc) is 1.84. The van der Waals surface area contributed by atoms with Gasteiger partial charge in [0.05, 0.1) is 0 Å². The largest absolute Gasteiger partial charge is 0.480 e. The molecule has 0 fully saturated rings. The van der Waals surface area contributed by atoms with Crippen molar-refractivity contribution in [1.29, 1.82) is 0 Å². The highest BCUT2D eigenvalue weighted by atomic mass is 16.4. The standard InChI is InChI=1S/C6H14N4O2/c1-3(2)4(5(11)12)9-10-6(7)8/h3-4,9H,1-2H3,(H,11,12)(H4,7,8,10). The Morgan fingerprint density at radius 3 is 2.25 bits per heavy atom. The van der Waals surface area contributed by atoms with Gasteiger partial charge >= 0.3 is 5.97 Å². The first kappa shape index (κ1) is 10.5. The molecule has 0 amide bonds. The smallest absolute Gasteiger partial charge is 0.328 e. The molecule has 0 aromatic carbocycles. The highest BCUT2D eigenvalue weighted by Crippen LogP contribution is 2.00. The first-order chi connectivity index (χ1) is 5.45. The van der Waals surface area contributed by atoms with E-state index in [1.54, 1.807) is 13.8 Å². The summed E-state index contributed by atoms with van der Waals surface area (Å²) in [6.07, 6.45) is 0. The summed E-state index contributed by atoms with van der Waals surface area (Å²) in [6, 6.07) is -0.757. The number of guanidine groups is 1. The zero-order valence-corrected chi connectivity index (χ0v) is 7.11. The van der Waals surface area contributed by atoms with Gasteiger partial charge in [-0.2, -0.15) is 0 Å². The average molecular weight is 174 g/mol. The third kappa shape index (κ3) is 3.65. The van der Waals surface area contributed by atoms with Crippen molar-refractivity contribution in [3.8, 4) is 0 Å². The Labute approximate surface area is 70.6 Å². The first-order valence-corrected chi connectivity index (χ1v) is 3.52. The van der Waals surface area contributed by atoms with Gasteiger partial charge in [-0.3, -0.25) is 5.43 Å². The van der Waals surface area contributed by atoms with Gasteiger partial charge in [0.1, 0.15) is 6.04 Å². The summed E-state index contributed by atoms with van der Waals surface area (Å²) >= 11 is 0. The quantitative estimate of drug-likeness (QED) is 0.245. The number of carbonyl (C=O) groups is 1. The van der Waals surface area contributed by atoms with Gasteiger partial charge in [0.15, 0.2) is 0 Å². The number of nitrogens with zero attached hydrogens (tertiary/aromatic N) is 1. The second-order valence-corrected chi connectivity index (χ2v) is 2.73. The molecule has 6 nitrogen and oxygen atoms in total. The maximum absolute atomic E-state index is 10.5. The van der Waals surface area contributed by atoms with Crippen LogP contribution in [0.2, 0.25) is 0 Å². The molecule has 0 heterocycles. The molecule has 70 valence electrons. The number of hydrazone groups is 1. The van der Waals surface area contributed by atoms with Crippen LogP contribution in [0, 0.1) is 5.92 Å². The number of hydrogen-bond acceptors (Lipinski definition) is 3. The Kier molecular flexibility index (Phi) is 3.89. The number of nitrogens with two attached hydrogens (primary N) is 2. The molecule has 0 radical (unpaired) electrons. The minimum atomic E-state index is -0.977. The second kappa shape index (κ2) is 4.42. The van der Waals surface area contributed by atoms with Gasteiger partial charge in [-0.1, -0.05) is 13.8 Å². The predicted molar refractivity (Wildman–Crippen MR) is 45.2 cm³/mol. The Hall–Kier alpha value is -1.46. The van der Waals surface area contributed by atoms with E-state index in [2.05, 4.69) is 10.5 Å². The van der Waals surface area contributed by atoms with Gasteiger partial charge in [0, 0.05) is 0 Å². The molecule has 0 spiro atoms. The normalized spacial score (nSPS) is 12.2. The van der Waals surface area contributed by atoms with E-state index >= 15 is 0 Å². The van der Waals surface area contributed by atoms with Crippen LogP contribution < -0.4 is 16.9 Å². The summed E-state index contributed by atoms with van der Waals surface area (Å²) in [6.45, 7) is 3.52. The minimum absolute atomic E-state index is 0.0781. The van der Waals surface area contributed by atoms with Gasteiger partial charge in [0.25, 0.3) is 0 Å². The molecule has 0 aliphatic rings. The fourth-order valence-electron chi connectivity index (χ4n) is 0.634. The second-order valence-electron chi connectivity index (χ2n) is 2.73. The highest BCUT2D eigenvalue weighted by molar-refractivity contribution is 5.77. The third-order valence-corrected chi connectivity index (χ3v) is 1.27. The summed E-state index contributed by atoms with van der Waals surface area (Å²) in [4.78, 5) is 10.5. The summed E-state index contributed by atoms with van der Waals surface area (Å²) in [5, 5.41) is 12.1. The zero-order valence-electron chi connectivity index (χ0n) is 7.11. The lowest BCUT2D eigenvalue weighted by Gasteiger charge is -2.14. The molecule has 0 aliphatic carbocycles. The summed E-state index contributed by atoms with van der Waals surface area (Å²) < 4.78 is 0. The SMILES string of the molecule is CC(C)C(NN=C(N)N)C(=O)O. The Morgan fingerprint density at radius 2 is 2.00 bits per heavy atom. The lowest BCUT2D eigenvalue weighted by atomic mass is 10.1. The first-order valence-electron chi connectivity index (χ1n) is 3.52. The van der Waals surface area contributed by atoms with Crippen molar-refractivity contribution in [3.05, 3.63) is 0 Å². The van der Waals surface area contributed by atoms with E-state index in [4.69, 9.17) is 16.6 Å². The molecule has 0 aromatic heterocycles. The maximum atomic E-state index is 10.5. The van der Waals surface area contributed by atoms with E-state index in [0.717, 1.165) is 0 Å². The van der Waals surface area contributed by atoms with Crippen molar-refractivity contribution in [3.63, 3.8) is 0 Å². The summed E-state index contributed by atoms with van der Waals surface area (Å²) in [5.41, 5.74) is 12.4. The Bertz CT molecular complexity index is 186. The molecule has 1 unspecified atom stereocenters. The fraction of sp³-hybridized carbons (Fsp3) is 0.667. The molecule has 1 atom stereocenters. The molecule has 6 N–H and O–H groups in total. The maximum Gasteiger partial charge on any atom is 0.328 e. The molecule has 12 heavy (non-hydrogen) atoms. The van der Waals surface area contributed by atoms with E-state index in [0.29, 0.717) is 0 Å². The fourth-order valence-corrected chi connectivity index (χ4v) is 0.634. The molecule has 0 rings (SSSR count). The van der Waals surface area contributed by atoms with Crippen molar-refractivity contribution in [2.45, 2.75) is 19.9 Å². The number of nitrogens with one attached hydrogen (secondary N) is 1. The summed E-state index contributed by atoms with van der Waals surface area (Å²) in [7, 11) is 0. The van der Waals surface area contributed by atoms with Crippen LogP contribution in [0.5, 0.6) is 0 Å². The van der Waals surface area contributed by atoms with Gasteiger partial charge in [-0.25, -0.2) is 4.79 Å². The van der Waals surface area contributed by atoms with Crippen LogP contribution >= 0.6 is 0 Å². The van der Waals surface area contributed by atoms with E-state index in [1.807, 2.05) is 0 Å². The van der Waals surface area contributed by atoms with Crippen molar-refractivity contribution in [2.75, 3.05) is 0 Å². The number of carboxylic acid groups (broad SMARTS) is 1. The predicted octanol–water partition coefficient (Wildman–Crippen LogP) is -1.13. The number of aliphatic carboxylic acids is 1. The van der Waals surface area contributed by atoms with E-state index in [9.17, 15) is 4.79 Å². The molecule has 0 bridgehead atoms. The molecule has 0 saturated heterocycles. The molecule has 6 heteroatoms. The monoisotopic (exact) mass is 174 g/mol. The molecular formula is C6H14N4O2. The summed E-state index contributed by atoms with van der Waals surface area (Å²) in [5.74, 6) is -1.23. The number of hydrogen-bond donors (Lipinski definition) is 4. The van der Waals surface area contributed by atoms with Crippen molar-refractivity contribution in [1.82, 2.24) is 5.43 Å². The Morgan fingerprint density at radius 1 is 1.50 bits per heavy atom. The van der Waals surface area contributed by atoms with E-state index in [1.165, 1.54) is 0 Å². The molecule has 0 aromatic rings. The van der Waals surface area contributed by atoms with Crippen LogP contribution in [-0.4, -0.2) is 23.1 Å². The van der Waals surface area contributed by atoms with Crippen LogP contribution in [0.4, 0.5) is 0 Å². The van der Waals surface area contributed by atoms with Crippen LogP contribution in [-0.2, 0) is 4.79 Å². The third-order valence-electron chi connectivity index (χ3n) is 1.27. The van der Waals surface area contributed by atoms with Gasteiger partial charge in [0.2, 0.25) is 5.96 Å². The number of carboxylic acids is 1. The van der Waals surface area contributed by atoms with Crippen molar-refractivity contribution < 1.29 is 9.90 Å². The lowest BCUT2D eigenvalue weighted by Crippen LogP contribution is -2.40. The molecule has 0 aliphatic heterocycles. The lowest BCUT2D eigenvalue weighted by molar-refractivity contribution is -0.140. The van der Waals surface area contributed by atoms with Crippen LogP contribution in [0.15, 0.2) is 5.10 Å². The zero-order chi connectivity index (χ0) is 9.72. The van der Waals surface area contributed by atoms with Crippen LogP contribution in [0.3, 0.4) is 0 Å². The van der Waals surface area contributed by atoms with Gasteiger partial charge < -0.3 is 16.6 Å². The van der Waals surface area contributed by atoms with Gasteiger partial charge in [-0.15, -0.1) is 5.10 Å². The number of rotatable bonds is 4. The Balaban J connectivity index is 4.15. The van der Waals surface area contributed by atoms with E-state index in [-0.39, 0.29) is 11.9 Å². The van der Waals surface area contributed by atoms with Crippen LogP contribution in [0.25, 0.3) is 0 Å². The minimum Gasteiger partial charge on any atom is -0.480 e. The van der Waals surface area contributed by atoms with Gasteiger partial charge in [-0.05, 0) is 5.92 Å². The van der Waals surface area contributed by atoms with E-state index < -0.39 is 12.0 Å². The molecule has 0 saturated carbocycles. The highest BCUT2D eigenvalue weighted by Gasteiger charge is 2.20. The topological polar surface area (TPSA) is 114 Å². The van der Waals surface area contributed by atoms with Crippen molar-refractivity contribution >= 4 is 11.9 Å².